The van der Waals surface area contributed by atoms with Gasteiger partial charge in [-0.05, 0) is 34.8 Å². The molecule has 0 aromatic carbocycles. The Balaban J connectivity index is 2.13. The second-order valence-electron chi connectivity index (χ2n) is 3.74. The van der Waals surface area contributed by atoms with Crippen molar-refractivity contribution < 1.29 is 8.42 Å². The average Bonchev–Trinajstić information content (AvgIpc) is 2.45. The molecule has 0 saturated heterocycles. The number of nitrogens with one attached hydrogen (secondary N) is 1. The number of hydrogen-bond donors (Lipinski definition) is 2. The van der Waals surface area contributed by atoms with Crippen molar-refractivity contribution in [1.29, 1.82) is 0 Å². The molecule has 3 N–H and O–H groups in total. The molecule has 1 fully saturated rings. The lowest BCUT2D eigenvalue weighted by atomic mass is 9.89. The van der Waals surface area contributed by atoms with Crippen LogP contribution in [0.5, 0.6) is 0 Å². The van der Waals surface area contributed by atoms with Crippen molar-refractivity contribution in [2.75, 3.05) is 0 Å². The summed E-state index contributed by atoms with van der Waals surface area (Å²) < 4.78 is 27.2. The predicted molar refractivity (Wildman–Crippen MR) is 68.3 cm³/mol. The Kier molecular flexibility index (Phi) is 3.63. The van der Waals surface area contributed by atoms with Crippen molar-refractivity contribution in [2.24, 2.45) is 5.73 Å². The molecule has 1 saturated carbocycles. The van der Waals surface area contributed by atoms with Gasteiger partial charge in [0.2, 0.25) is 10.0 Å². The second kappa shape index (κ2) is 4.55. The molecule has 90 valence electrons. The van der Waals surface area contributed by atoms with Gasteiger partial charge in [-0.15, -0.1) is 11.3 Å². The van der Waals surface area contributed by atoms with Gasteiger partial charge in [0.1, 0.15) is 4.21 Å². The second-order valence-corrected chi connectivity index (χ2v) is 8.45. The lowest BCUT2D eigenvalue weighted by Crippen LogP contribution is -2.50. The molecule has 0 aliphatic heterocycles. The molecule has 0 spiro atoms. The highest BCUT2D eigenvalue weighted by Gasteiger charge is 2.31. The van der Waals surface area contributed by atoms with Crippen LogP contribution in [0.25, 0.3) is 0 Å². The molecule has 1 heterocycles. The van der Waals surface area contributed by atoms with Gasteiger partial charge in [-0.25, -0.2) is 13.1 Å². The predicted octanol–water partition coefficient (Wildman–Crippen LogP) is 1.93. The zero-order valence-corrected chi connectivity index (χ0v) is 12.1. The third kappa shape index (κ3) is 2.60. The summed E-state index contributed by atoms with van der Waals surface area (Å²) >= 11 is 10.1. The van der Waals surface area contributed by atoms with Crippen LogP contribution >= 0.6 is 38.9 Å². The maximum absolute atomic E-state index is 11.9. The quantitative estimate of drug-likeness (QED) is 0.879. The zero-order chi connectivity index (χ0) is 11.9. The number of rotatable bonds is 3. The van der Waals surface area contributed by atoms with Gasteiger partial charge in [0.15, 0.2) is 0 Å². The van der Waals surface area contributed by atoms with Gasteiger partial charge >= 0.3 is 0 Å². The maximum Gasteiger partial charge on any atom is 0.250 e. The number of halogens is 2. The first-order valence-corrected chi connectivity index (χ1v) is 8.08. The molecule has 1 aliphatic rings. The Morgan fingerprint density at radius 1 is 1.56 bits per heavy atom. The van der Waals surface area contributed by atoms with Crippen molar-refractivity contribution in [3.8, 4) is 0 Å². The first kappa shape index (κ1) is 12.8. The molecule has 4 nitrogen and oxygen atoms in total. The van der Waals surface area contributed by atoms with Crippen LogP contribution in [0.3, 0.4) is 0 Å². The standard InChI is InChI=1S/C8H10BrClN2O2S2/c9-8-6(10)3-7(15-8)16(13,14)12-5-1-4(11)2-5/h3-5,12H,1-2,11H2. The lowest BCUT2D eigenvalue weighted by molar-refractivity contribution is 0.327. The highest BCUT2D eigenvalue weighted by molar-refractivity contribution is 9.11. The molecule has 0 amide bonds. The van der Waals surface area contributed by atoms with E-state index in [-0.39, 0.29) is 16.3 Å². The smallest absolute Gasteiger partial charge is 0.250 e. The lowest BCUT2D eigenvalue weighted by Gasteiger charge is -2.32. The first-order chi connectivity index (χ1) is 7.38. The molecule has 0 unspecified atom stereocenters. The van der Waals surface area contributed by atoms with E-state index in [4.69, 9.17) is 17.3 Å². The number of sulfonamides is 1. The number of hydrogen-bond acceptors (Lipinski definition) is 4. The van der Waals surface area contributed by atoms with Crippen molar-refractivity contribution in [3.05, 3.63) is 14.9 Å². The summed E-state index contributed by atoms with van der Waals surface area (Å²) in [7, 11) is -3.45. The van der Waals surface area contributed by atoms with Gasteiger partial charge < -0.3 is 5.73 Å². The van der Waals surface area contributed by atoms with Crippen molar-refractivity contribution in [3.63, 3.8) is 0 Å². The Hall–Kier alpha value is 0.340. The van der Waals surface area contributed by atoms with Gasteiger partial charge in [0.25, 0.3) is 0 Å². The molecule has 2 rings (SSSR count). The number of nitrogens with two attached hydrogens (primary N) is 1. The molecular formula is C8H10BrClN2O2S2. The summed E-state index contributed by atoms with van der Waals surface area (Å²) in [6, 6.07) is 1.52. The SMILES string of the molecule is NC1CC(NS(=O)(=O)c2cc(Cl)c(Br)s2)C1. The van der Waals surface area contributed by atoms with Crippen molar-refractivity contribution in [1.82, 2.24) is 4.72 Å². The Bertz CT molecular complexity index is 477. The minimum Gasteiger partial charge on any atom is -0.328 e. The van der Waals surface area contributed by atoms with E-state index < -0.39 is 10.0 Å². The maximum atomic E-state index is 11.9. The van der Waals surface area contributed by atoms with Gasteiger partial charge in [-0.2, -0.15) is 0 Å². The Morgan fingerprint density at radius 3 is 2.62 bits per heavy atom. The summed E-state index contributed by atoms with van der Waals surface area (Å²) in [5.74, 6) is 0. The van der Waals surface area contributed by atoms with Gasteiger partial charge in [0.05, 0.1) is 8.81 Å². The van der Waals surface area contributed by atoms with Crippen molar-refractivity contribution >= 4 is 48.9 Å². The van der Waals surface area contributed by atoms with E-state index in [0.717, 1.165) is 11.3 Å². The van der Waals surface area contributed by atoms with E-state index in [1.807, 2.05) is 0 Å². The van der Waals surface area contributed by atoms with E-state index >= 15 is 0 Å². The molecule has 16 heavy (non-hydrogen) atoms. The van der Waals surface area contributed by atoms with Crippen molar-refractivity contribution in [2.45, 2.75) is 29.1 Å². The van der Waals surface area contributed by atoms with Crippen LogP contribution in [0.15, 0.2) is 14.1 Å². The molecule has 0 bridgehead atoms. The highest BCUT2D eigenvalue weighted by atomic mass is 79.9. The fourth-order valence-corrected chi connectivity index (χ4v) is 5.17. The van der Waals surface area contributed by atoms with Crippen LogP contribution in [0.1, 0.15) is 12.8 Å². The van der Waals surface area contributed by atoms with Crippen LogP contribution in [0.4, 0.5) is 0 Å². The van der Waals surface area contributed by atoms with Gasteiger partial charge in [-0.1, -0.05) is 11.6 Å². The summed E-state index contributed by atoms with van der Waals surface area (Å²) in [6.07, 6.45) is 1.39. The molecule has 8 heteroatoms. The third-order valence-corrected chi connectivity index (χ3v) is 6.85. The summed E-state index contributed by atoms with van der Waals surface area (Å²) in [5, 5.41) is 0.413. The van der Waals surface area contributed by atoms with E-state index in [0.29, 0.717) is 21.7 Å². The molecule has 1 aromatic heterocycles. The molecule has 1 aromatic rings. The summed E-state index contributed by atoms with van der Waals surface area (Å²) in [4.78, 5) is 0. The minimum atomic E-state index is -3.45. The normalized spacial score (nSPS) is 25.4. The van der Waals surface area contributed by atoms with Gasteiger partial charge in [0, 0.05) is 12.1 Å². The van der Waals surface area contributed by atoms with Crippen LogP contribution in [0, 0.1) is 0 Å². The fourth-order valence-electron chi connectivity index (χ4n) is 1.49. The first-order valence-electron chi connectivity index (χ1n) is 4.61. The number of thiophene rings is 1. The van der Waals surface area contributed by atoms with E-state index in [9.17, 15) is 8.42 Å². The monoisotopic (exact) mass is 344 g/mol. The van der Waals surface area contributed by atoms with E-state index in [2.05, 4.69) is 20.7 Å². The Morgan fingerprint density at radius 2 is 2.19 bits per heavy atom. The van der Waals surface area contributed by atoms with Gasteiger partial charge in [-0.3, -0.25) is 0 Å². The van der Waals surface area contributed by atoms with Crippen LogP contribution in [-0.2, 0) is 10.0 Å². The molecular weight excluding hydrogens is 336 g/mol. The largest absolute Gasteiger partial charge is 0.328 e. The molecule has 0 atom stereocenters. The van der Waals surface area contributed by atoms with Crippen LogP contribution < -0.4 is 10.5 Å². The van der Waals surface area contributed by atoms with E-state index in [1.165, 1.54) is 6.07 Å². The van der Waals surface area contributed by atoms with Crippen LogP contribution in [-0.4, -0.2) is 20.5 Å². The Labute approximate surface area is 111 Å². The van der Waals surface area contributed by atoms with Crippen LogP contribution in [0.2, 0.25) is 5.02 Å². The average molecular weight is 346 g/mol. The topological polar surface area (TPSA) is 72.2 Å². The minimum absolute atomic E-state index is 0.0420. The fraction of sp³-hybridized carbons (Fsp3) is 0.500. The third-order valence-electron chi connectivity index (χ3n) is 2.38. The van der Waals surface area contributed by atoms with E-state index in [1.54, 1.807) is 0 Å². The molecule has 0 radical (unpaired) electrons. The summed E-state index contributed by atoms with van der Waals surface area (Å²) in [6.45, 7) is 0. The zero-order valence-electron chi connectivity index (χ0n) is 8.11. The highest BCUT2D eigenvalue weighted by Crippen LogP contribution is 2.35. The molecule has 1 aliphatic carbocycles. The summed E-state index contributed by atoms with van der Waals surface area (Å²) in [5.41, 5.74) is 5.59.